The topological polar surface area (TPSA) is 86.5 Å². The molecule has 1 atom stereocenters. The molecule has 1 unspecified atom stereocenters. The predicted octanol–water partition coefficient (Wildman–Crippen LogP) is -0.423. The number of carbonyl (C=O) groups excluding carboxylic acids is 1. The lowest BCUT2D eigenvalue weighted by Crippen LogP contribution is -2.51. The molecule has 0 radical (unpaired) electrons. The third kappa shape index (κ3) is 2.47. The van der Waals surface area contributed by atoms with Crippen LogP contribution >= 0.6 is 0 Å². The van der Waals surface area contributed by atoms with Crippen molar-refractivity contribution in [2.45, 2.75) is 12.6 Å². The number of nitrogens with two attached hydrogens (primary N) is 1. The Morgan fingerprint density at radius 2 is 2.42 bits per heavy atom. The molecule has 0 saturated carbocycles. The fourth-order valence-electron chi connectivity index (χ4n) is 2.72. The highest BCUT2D eigenvalue weighted by Gasteiger charge is 2.35. The average molecular weight is 262 g/mol. The number of pyridine rings is 1. The van der Waals surface area contributed by atoms with Gasteiger partial charge in [0.25, 0.3) is 0 Å². The van der Waals surface area contributed by atoms with Crippen molar-refractivity contribution >= 4 is 11.8 Å². The highest BCUT2D eigenvalue weighted by Crippen LogP contribution is 2.17. The van der Waals surface area contributed by atoms with Gasteiger partial charge in [0.05, 0.1) is 6.04 Å². The Bertz CT molecular complexity index is 479. The number of hydrogen-bond donors (Lipinski definition) is 3. The molecule has 2 aliphatic rings. The van der Waals surface area contributed by atoms with E-state index in [0.29, 0.717) is 11.9 Å². The fraction of sp³-hybridized carbons (Fsp3) is 0.500. The molecule has 0 spiro atoms. The van der Waals surface area contributed by atoms with Gasteiger partial charge in [-0.25, -0.2) is 15.6 Å². The van der Waals surface area contributed by atoms with E-state index < -0.39 is 0 Å². The Labute approximate surface area is 111 Å². The molecule has 7 nitrogen and oxygen atoms in total. The Morgan fingerprint density at radius 3 is 3.26 bits per heavy atom. The Morgan fingerprint density at radius 1 is 1.53 bits per heavy atom. The lowest BCUT2D eigenvalue weighted by atomic mass is 10.1. The Hall–Kier alpha value is -1.86. The molecule has 19 heavy (non-hydrogen) atoms. The first-order chi connectivity index (χ1) is 9.26. The van der Waals surface area contributed by atoms with Crippen LogP contribution in [-0.4, -0.2) is 53.0 Å². The smallest absolute Gasteiger partial charge is 0.317 e. The van der Waals surface area contributed by atoms with Gasteiger partial charge in [0.2, 0.25) is 0 Å². The molecule has 0 aromatic carbocycles. The van der Waals surface area contributed by atoms with Gasteiger partial charge < -0.3 is 15.6 Å². The van der Waals surface area contributed by atoms with E-state index >= 15 is 0 Å². The second-order valence-electron chi connectivity index (χ2n) is 4.96. The van der Waals surface area contributed by atoms with Gasteiger partial charge in [0.15, 0.2) is 0 Å². The third-order valence-corrected chi connectivity index (χ3v) is 3.70. The van der Waals surface area contributed by atoms with Gasteiger partial charge in [-0.1, -0.05) is 0 Å². The van der Waals surface area contributed by atoms with Crippen molar-refractivity contribution < 1.29 is 4.79 Å². The van der Waals surface area contributed by atoms with Crippen LogP contribution in [0.1, 0.15) is 5.56 Å². The Balaban J connectivity index is 1.63. The summed E-state index contributed by atoms with van der Waals surface area (Å²) in [5.74, 6) is 6.03. The van der Waals surface area contributed by atoms with Gasteiger partial charge in [-0.05, 0) is 17.7 Å². The van der Waals surface area contributed by atoms with E-state index in [1.165, 1.54) is 5.56 Å². The van der Waals surface area contributed by atoms with Gasteiger partial charge in [0.1, 0.15) is 5.82 Å². The first-order valence-corrected chi connectivity index (χ1v) is 6.44. The molecule has 7 heteroatoms. The molecule has 0 bridgehead atoms. The summed E-state index contributed by atoms with van der Waals surface area (Å²) in [6.45, 7) is 4.21. The van der Waals surface area contributed by atoms with E-state index in [1.807, 2.05) is 17.0 Å². The number of hydrogen-bond acceptors (Lipinski definition) is 5. The lowest BCUT2D eigenvalue weighted by Gasteiger charge is -2.36. The summed E-state index contributed by atoms with van der Waals surface area (Å²) >= 11 is 0. The van der Waals surface area contributed by atoms with Gasteiger partial charge >= 0.3 is 6.03 Å². The summed E-state index contributed by atoms with van der Waals surface area (Å²) in [6, 6.07) is 4.31. The number of nitrogens with zero attached hydrogens (tertiary/aromatic N) is 3. The number of nitrogen functional groups attached to an aromatic ring is 1. The molecule has 0 aliphatic carbocycles. The van der Waals surface area contributed by atoms with Crippen molar-refractivity contribution in [3.63, 3.8) is 0 Å². The van der Waals surface area contributed by atoms with Crippen molar-refractivity contribution in [2.24, 2.45) is 5.84 Å². The second-order valence-corrected chi connectivity index (χ2v) is 4.96. The maximum atomic E-state index is 11.5. The second kappa shape index (κ2) is 5.02. The van der Waals surface area contributed by atoms with Gasteiger partial charge in [-0.3, -0.25) is 4.90 Å². The number of amides is 2. The van der Waals surface area contributed by atoms with Gasteiger partial charge in [-0.2, -0.15) is 0 Å². The van der Waals surface area contributed by atoms with Crippen LogP contribution in [0.2, 0.25) is 0 Å². The highest BCUT2D eigenvalue weighted by atomic mass is 16.2. The normalized spacial score (nSPS) is 23.1. The molecule has 1 aromatic heterocycles. The van der Waals surface area contributed by atoms with E-state index in [4.69, 9.17) is 5.84 Å². The summed E-state index contributed by atoms with van der Waals surface area (Å²) in [6.07, 6.45) is 1.75. The van der Waals surface area contributed by atoms with Crippen molar-refractivity contribution in [1.29, 1.82) is 0 Å². The lowest BCUT2D eigenvalue weighted by molar-refractivity contribution is 0.116. The molecular formula is C12H18N6O. The zero-order chi connectivity index (χ0) is 13.2. The largest absolute Gasteiger partial charge is 0.336 e. The molecule has 1 aromatic rings. The quantitative estimate of drug-likeness (QED) is 0.508. The van der Waals surface area contributed by atoms with Crippen LogP contribution in [0.4, 0.5) is 10.6 Å². The minimum absolute atomic E-state index is 0.0724. The monoisotopic (exact) mass is 262 g/mol. The highest BCUT2D eigenvalue weighted by molar-refractivity contribution is 5.77. The van der Waals surface area contributed by atoms with E-state index in [1.54, 1.807) is 6.20 Å². The van der Waals surface area contributed by atoms with Crippen molar-refractivity contribution in [3.8, 4) is 0 Å². The summed E-state index contributed by atoms with van der Waals surface area (Å²) in [5.41, 5.74) is 3.73. The molecule has 3 heterocycles. The maximum absolute atomic E-state index is 11.5. The molecular weight excluding hydrogens is 244 g/mol. The van der Waals surface area contributed by atoms with Gasteiger partial charge in [-0.15, -0.1) is 0 Å². The molecule has 2 aliphatic heterocycles. The van der Waals surface area contributed by atoms with Crippen LogP contribution in [0.3, 0.4) is 0 Å². The van der Waals surface area contributed by atoms with Crippen LogP contribution in [-0.2, 0) is 6.54 Å². The molecule has 2 saturated heterocycles. The fourth-order valence-corrected chi connectivity index (χ4v) is 2.72. The number of urea groups is 1. The van der Waals surface area contributed by atoms with Crippen molar-refractivity contribution in [3.05, 3.63) is 23.9 Å². The number of aromatic nitrogens is 1. The molecule has 2 amide bonds. The van der Waals surface area contributed by atoms with Crippen LogP contribution in [0, 0.1) is 0 Å². The summed E-state index contributed by atoms with van der Waals surface area (Å²) < 4.78 is 0. The van der Waals surface area contributed by atoms with E-state index in [-0.39, 0.29) is 6.03 Å². The van der Waals surface area contributed by atoms with Crippen LogP contribution < -0.4 is 16.6 Å². The van der Waals surface area contributed by atoms with Crippen LogP contribution in [0.15, 0.2) is 18.3 Å². The SMILES string of the molecule is NNc1cc(CN2CCN3C(=O)NCC3C2)ccn1. The summed E-state index contributed by atoms with van der Waals surface area (Å²) in [7, 11) is 0. The first-order valence-electron chi connectivity index (χ1n) is 6.44. The van der Waals surface area contributed by atoms with E-state index in [2.05, 4.69) is 20.6 Å². The Kier molecular flexibility index (Phi) is 3.22. The number of piperazine rings is 1. The van der Waals surface area contributed by atoms with E-state index in [9.17, 15) is 4.79 Å². The predicted molar refractivity (Wildman–Crippen MR) is 71.2 cm³/mol. The van der Waals surface area contributed by atoms with Crippen molar-refractivity contribution in [1.82, 2.24) is 20.1 Å². The molecule has 3 rings (SSSR count). The summed E-state index contributed by atoms with van der Waals surface area (Å²) in [4.78, 5) is 19.9. The number of nitrogens with one attached hydrogen (secondary N) is 2. The number of carbonyl (C=O) groups is 1. The molecule has 102 valence electrons. The van der Waals surface area contributed by atoms with E-state index in [0.717, 1.165) is 32.7 Å². The molecule has 2 fully saturated rings. The minimum atomic E-state index is 0.0724. The maximum Gasteiger partial charge on any atom is 0.317 e. The summed E-state index contributed by atoms with van der Waals surface area (Å²) in [5, 5.41) is 2.89. The van der Waals surface area contributed by atoms with Crippen molar-refractivity contribution in [2.75, 3.05) is 31.6 Å². The minimum Gasteiger partial charge on any atom is -0.336 e. The number of rotatable bonds is 3. The zero-order valence-corrected chi connectivity index (χ0v) is 10.7. The third-order valence-electron chi connectivity index (χ3n) is 3.70. The van der Waals surface area contributed by atoms with Gasteiger partial charge in [0, 0.05) is 38.9 Å². The van der Waals surface area contributed by atoms with Crippen LogP contribution in [0.25, 0.3) is 0 Å². The number of hydrazine groups is 1. The average Bonchev–Trinajstić information content (AvgIpc) is 2.80. The number of anilines is 1. The standard InChI is InChI=1S/C12H18N6O/c13-16-11-5-9(1-2-14-11)7-17-3-4-18-10(8-17)6-15-12(18)19/h1-2,5,10H,3-4,6-8,13H2,(H,14,16)(H,15,19). The zero-order valence-electron chi connectivity index (χ0n) is 10.7. The van der Waals surface area contributed by atoms with Crippen LogP contribution in [0.5, 0.6) is 0 Å². The first kappa shape index (κ1) is 12.2. The molecule has 4 N–H and O–H groups in total. The number of fused-ring (bicyclic) bond motifs is 1.